The fourth-order valence-electron chi connectivity index (χ4n) is 2.87. The SMILES string of the molecule is CCOC(=O)CC1(N)CCN(Cc2ccccc2)C1C. The second-order valence-electron chi connectivity index (χ2n) is 5.60. The van der Waals surface area contributed by atoms with Gasteiger partial charge in [-0.15, -0.1) is 0 Å². The summed E-state index contributed by atoms with van der Waals surface area (Å²) < 4.78 is 5.03. The highest BCUT2D eigenvalue weighted by Crippen LogP contribution is 2.30. The quantitative estimate of drug-likeness (QED) is 0.835. The van der Waals surface area contributed by atoms with E-state index in [4.69, 9.17) is 10.5 Å². The van der Waals surface area contributed by atoms with E-state index in [1.165, 1.54) is 5.56 Å². The Morgan fingerprint density at radius 1 is 1.45 bits per heavy atom. The van der Waals surface area contributed by atoms with Crippen LogP contribution in [-0.2, 0) is 16.1 Å². The number of ether oxygens (including phenoxy) is 1. The molecule has 0 amide bonds. The van der Waals surface area contributed by atoms with Crippen molar-refractivity contribution in [1.29, 1.82) is 0 Å². The highest BCUT2D eigenvalue weighted by Gasteiger charge is 2.43. The second-order valence-corrected chi connectivity index (χ2v) is 5.60. The smallest absolute Gasteiger partial charge is 0.307 e. The second kappa shape index (κ2) is 6.37. The average Bonchev–Trinajstić information content (AvgIpc) is 2.69. The molecule has 2 unspecified atom stereocenters. The Balaban J connectivity index is 1.97. The summed E-state index contributed by atoms with van der Waals surface area (Å²) in [5, 5.41) is 0. The number of benzene rings is 1. The first-order chi connectivity index (χ1) is 9.55. The van der Waals surface area contributed by atoms with Gasteiger partial charge in [-0.2, -0.15) is 0 Å². The Bertz CT molecular complexity index is 449. The van der Waals surface area contributed by atoms with Crippen molar-refractivity contribution in [3.63, 3.8) is 0 Å². The minimum absolute atomic E-state index is 0.173. The Hall–Kier alpha value is -1.39. The van der Waals surface area contributed by atoms with Crippen LogP contribution in [0.1, 0.15) is 32.3 Å². The van der Waals surface area contributed by atoms with Gasteiger partial charge in [0.1, 0.15) is 0 Å². The highest BCUT2D eigenvalue weighted by atomic mass is 16.5. The molecule has 1 aliphatic rings. The topological polar surface area (TPSA) is 55.6 Å². The van der Waals surface area contributed by atoms with Crippen molar-refractivity contribution in [3.8, 4) is 0 Å². The standard InChI is InChI=1S/C16H24N2O2/c1-3-20-15(19)11-16(17)9-10-18(13(16)2)12-14-7-5-4-6-8-14/h4-8,13H,3,9-12,17H2,1-2H3. The number of carbonyl (C=O) groups is 1. The first kappa shape index (κ1) is 15.0. The van der Waals surface area contributed by atoms with E-state index < -0.39 is 5.54 Å². The minimum atomic E-state index is -0.471. The fourth-order valence-corrected chi connectivity index (χ4v) is 2.87. The molecule has 4 heteroatoms. The first-order valence-corrected chi connectivity index (χ1v) is 7.27. The Kier molecular flexibility index (Phi) is 4.78. The predicted molar refractivity (Wildman–Crippen MR) is 79.1 cm³/mol. The Morgan fingerprint density at radius 2 is 2.15 bits per heavy atom. The van der Waals surface area contributed by atoms with E-state index in [9.17, 15) is 4.79 Å². The molecule has 0 bridgehead atoms. The molecule has 1 aliphatic heterocycles. The maximum Gasteiger partial charge on any atom is 0.307 e. The Morgan fingerprint density at radius 3 is 2.80 bits per heavy atom. The van der Waals surface area contributed by atoms with Crippen LogP contribution in [0.4, 0.5) is 0 Å². The van der Waals surface area contributed by atoms with Gasteiger partial charge in [-0.1, -0.05) is 30.3 Å². The molecule has 1 heterocycles. The van der Waals surface area contributed by atoms with Crippen LogP contribution < -0.4 is 5.73 Å². The van der Waals surface area contributed by atoms with Crippen molar-refractivity contribution in [3.05, 3.63) is 35.9 Å². The lowest BCUT2D eigenvalue weighted by atomic mass is 9.89. The van der Waals surface area contributed by atoms with Crippen molar-refractivity contribution in [2.45, 2.75) is 44.8 Å². The monoisotopic (exact) mass is 276 g/mol. The van der Waals surface area contributed by atoms with Gasteiger partial charge in [0.25, 0.3) is 0 Å². The molecule has 0 aromatic heterocycles. The molecule has 2 rings (SSSR count). The van der Waals surface area contributed by atoms with Gasteiger partial charge in [-0.05, 0) is 25.8 Å². The largest absolute Gasteiger partial charge is 0.466 e. The predicted octanol–water partition coefficient (Wildman–Crippen LogP) is 1.93. The fraction of sp³-hybridized carbons (Fsp3) is 0.562. The number of rotatable bonds is 5. The van der Waals surface area contributed by atoms with Crippen LogP contribution in [0.5, 0.6) is 0 Å². The van der Waals surface area contributed by atoms with Crippen LogP contribution in [-0.4, -0.2) is 35.6 Å². The molecular formula is C16H24N2O2. The number of nitrogens with zero attached hydrogens (tertiary/aromatic N) is 1. The molecule has 0 spiro atoms. The maximum atomic E-state index is 11.7. The minimum Gasteiger partial charge on any atom is -0.466 e. The lowest BCUT2D eigenvalue weighted by Crippen LogP contribution is -2.51. The maximum absolute atomic E-state index is 11.7. The van der Waals surface area contributed by atoms with Crippen LogP contribution in [0.15, 0.2) is 30.3 Å². The molecule has 4 nitrogen and oxygen atoms in total. The number of carbonyl (C=O) groups excluding carboxylic acids is 1. The molecule has 2 atom stereocenters. The van der Waals surface area contributed by atoms with Gasteiger partial charge in [-0.3, -0.25) is 9.69 Å². The number of nitrogens with two attached hydrogens (primary N) is 1. The highest BCUT2D eigenvalue weighted by molar-refractivity contribution is 5.71. The van der Waals surface area contributed by atoms with E-state index in [0.717, 1.165) is 19.5 Å². The van der Waals surface area contributed by atoms with Gasteiger partial charge in [0.2, 0.25) is 0 Å². The summed E-state index contributed by atoms with van der Waals surface area (Å²) in [5.41, 5.74) is 7.24. The molecule has 1 fully saturated rings. The lowest BCUT2D eigenvalue weighted by Gasteiger charge is -2.32. The molecule has 0 radical (unpaired) electrons. The van der Waals surface area contributed by atoms with Crippen molar-refractivity contribution >= 4 is 5.97 Å². The number of esters is 1. The molecule has 1 aromatic rings. The summed E-state index contributed by atoms with van der Waals surface area (Å²) in [6, 6.07) is 10.5. The number of hydrogen-bond donors (Lipinski definition) is 1. The van der Waals surface area contributed by atoms with Crippen LogP contribution in [0.3, 0.4) is 0 Å². The third-order valence-corrected chi connectivity index (χ3v) is 4.25. The molecule has 2 N–H and O–H groups in total. The lowest BCUT2D eigenvalue weighted by molar-refractivity contribution is -0.144. The summed E-state index contributed by atoms with van der Waals surface area (Å²) >= 11 is 0. The Labute approximate surface area is 120 Å². The van der Waals surface area contributed by atoms with E-state index in [1.807, 2.05) is 25.1 Å². The molecule has 20 heavy (non-hydrogen) atoms. The van der Waals surface area contributed by atoms with Crippen molar-refractivity contribution in [2.24, 2.45) is 5.73 Å². The van der Waals surface area contributed by atoms with Crippen LogP contribution >= 0.6 is 0 Å². The summed E-state index contributed by atoms with van der Waals surface area (Å²) in [7, 11) is 0. The molecular weight excluding hydrogens is 252 g/mol. The van der Waals surface area contributed by atoms with E-state index >= 15 is 0 Å². The van der Waals surface area contributed by atoms with E-state index in [0.29, 0.717) is 13.0 Å². The molecule has 0 aliphatic carbocycles. The zero-order valence-electron chi connectivity index (χ0n) is 12.3. The van der Waals surface area contributed by atoms with Crippen LogP contribution in [0.2, 0.25) is 0 Å². The van der Waals surface area contributed by atoms with Crippen LogP contribution in [0, 0.1) is 0 Å². The zero-order valence-corrected chi connectivity index (χ0v) is 12.3. The summed E-state index contributed by atoms with van der Waals surface area (Å²) in [4.78, 5) is 14.0. The number of hydrogen-bond acceptors (Lipinski definition) is 4. The molecule has 110 valence electrons. The summed E-state index contributed by atoms with van der Waals surface area (Å²) in [5.74, 6) is -0.191. The van der Waals surface area contributed by atoms with Crippen molar-refractivity contribution in [2.75, 3.05) is 13.2 Å². The third kappa shape index (κ3) is 3.38. The van der Waals surface area contributed by atoms with Gasteiger partial charge in [0, 0.05) is 24.7 Å². The first-order valence-electron chi connectivity index (χ1n) is 7.27. The average molecular weight is 276 g/mol. The summed E-state index contributed by atoms with van der Waals surface area (Å²) in [6.07, 6.45) is 1.13. The van der Waals surface area contributed by atoms with Gasteiger partial charge >= 0.3 is 5.97 Å². The van der Waals surface area contributed by atoms with Gasteiger partial charge in [-0.25, -0.2) is 0 Å². The van der Waals surface area contributed by atoms with E-state index in [-0.39, 0.29) is 12.0 Å². The molecule has 1 saturated heterocycles. The third-order valence-electron chi connectivity index (χ3n) is 4.25. The zero-order chi connectivity index (χ0) is 14.6. The van der Waals surface area contributed by atoms with Crippen molar-refractivity contribution in [1.82, 2.24) is 4.90 Å². The van der Waals surface area contributed by atoms with Crippen molar-refractivity contribution < 1.29 is 9.53 Å². The molecule has 1 aromatic carbocycles. The van der Waals surface area contributed by atoms with Gasteiger partial charge < -0.3 is 10.5 Å². The normalized spacial score (nSPS) is 26.6. The van der Waals surface area contributed by atoms with E-state index in [1.54, 1.807) is 0 Å². The van der Waals surface area contributed by atoms with Crippen LogP contribution in [0.25, 0.3) is 0 Å². The van der Waals surface area contributed by atoms with E-state index in [2.05, 4.69) is 24.0 Å². The van der Waals surface area contributed by atoms with Gasteiger partial charge in [0.15, 0.2) is 0 Å². The van der Waals surface area contributed by atoms with Gasteiger partial charge in [0.05, 0.1) is 13.0 Å². The number of likely N-dealkylation sites (tertiary alicyclic amines) is 1. The molecule has 0 saturated carbocycles. The summed E-state index contributed by atoms with van der Waals surface area (Å²) in [6.45, 7) is 6.14.